The van der Waals surface area contributed by atoms with E-state index in [1.54, 1.807) is 4.90 Å². The highest BCUT2D eigenvalue weighted by molar-refractivity contribution is 5.99. The second-order valence-electron chi connectivity index (χ2n) is 5.10. The summed E-state index contributed by atoms with van der Waals surface area (Å²) in [7, 11) is 0. The number of carbonyl (C=O) groups is 1. The van der Waals surface area contributed by atoms with Crippen molar-refractivity contribution in [3.05, 3.63) is 30.3 Å². The number of benzene rings is 1. The minimum absolute atomic E-state index is 0.154. The molecule has 0 N–H and O–H groups in total. The van der Waals surface area contributed by atoms with Gasteiger partial charge in [0.2, 0.25) is 5.91 Å². The Bertz CT molecular complexity index is 547. The molecule has 0 heterocycles. The molecule has 1 aliphatic rings. The number of anilines is 1. The average Bonchev–Trinajstić information content (AvgIpc) is 2.98. The van der Waals surface area contributed by atoms with E-state index in [0.29, 0.717) is 19.4 Å². The first kappa shape index (κ1) is 14.1. The molecule has 0 aliphatic heterocycles. The number of hydrogen-bond donors (Lipinski definition) is 0. The van der Waals surface area contributed by atoms with Gasteiger partial charge in [-0.15, -0.1) is 0 Å². The van der Waals surface area contributed by atoms with Crippen molar-refractivity contribution >= 4 is 11.6 Å². The Hall–Kier alpha value is -2.33. The third-order valence-electron chi connectivity index (χ3n) is 3.84. The Morgan fingerprint density at radius 1 is 1.20 bits per heavy atom. The van der Waals surface area contributed by atoms with Gasteiger partial charge in [0.15, 0.2) is 0 Å². The summed E-state index contributed by atoms with van der Waals surface area (Å²) >= 11 is 0. The maximum atomic E-state index is 12.8. The Balaban J connectivity index is 2.30. The molecule has 0 bridgehead atoms. The Morgan fingerprint density at radius 3 is 2.40 bits per heavy atom. The van der Waals surface area contributed by atoms with Crippen LogP contribution in [0.5, 0.6) is 0 Å². The summed E-state index contributed by atoms with van der Waals surface area (Å²) in [5.41, 5.74) is -0.139. The standard InChI is InChI=1S/C16H17N3O/c17-11-6-12-19(14-7-2-1-3-8-14)15(20)16(13-18)9-4-5-10-16/h1-3,7-8H,4-6,9-10,12H2. The van der Waals surface area contributed by atoms with E-state index in [1.165, 1.54) is 0 Å². The van der Waals surface area contributed by atoms with Crippen LogP contribution >= 0.6 is 0 Å². The van der Waals surface area contributed by atoms with Crippen molar-refractivity contribution in [2.45, 2.75) is 32.1 Å². The molecule has 1 aliphatic carbocycles. The van der Waals surface area contributed by atoms with E-state index in [-0.39, 0.29) is 12.3 Å². The van der Waals surface area contributed by atoms with Crippen molar-refractivity contribution in [3.63, 3.8) is 0 Å². The summed E-state index contributed by atoms with van der Waals surface area (Å²) in [5.74, 6) is -0.154. The zero-order valence-corrected chi connectivity index (χ0v) is 11.4. The van der Waals surface area contributed by atoms with Crippen LogP contribution in [0.3, 0.4) is 0 Å². The number of carbonyl (C=O) groups excluding carboxylic acids is 1. The molecule has 102 valence electrons. The average molecular weight is 267 g/mol. The van der Waals surface area contributed by atoms with Gasteiger partial charge in [0.1, 0.15) is 5.41 Å². The van der Waals surface area contributed by atoms with Gasteiger partial charge in [-0.05, 0) is 25.0 Å². The van der Waals surface area contributed by atoms with Crippen LogP contribution in [0, 0.1) is 28.1 Å². The highest BCUT2D eigenvalue weighted by atomic mass is 16.2. The lowest BCUT2D eigenvalue weighted by atomic mass is 9.86. The van der Waals surface area contributed by atoms with Crippen LogP contribution in [0.15, 0.2) is 30.3 Å². The number of hydrogen-bond acceptors (Lipinski definition) is 3. The van der Waals surface area contributed by atoms with Gasteiger partial charge in [-0.3, -0.25) is 4.79 Å². The maximum Gasteiger partial charge on any atom is 0.247 e. The van der Waals surface area contributed by atoms with Crippen molar-refractivity contribution in [1.82, 2.24) is 0 Å². The van der Waals surface area contributed by atoms with Crippen LogP contribution in [0.4, 0.5) is 5.69 Å². The van der Waals surface area contributed by atoms with E-state index in [1.807, 2.05) is 30.3 Å². The van der Waals surface area contributed by atoms with Crippen LogP contribution < -0.4 is 4.90 Å². The topological polar surface area (TPSA) is 67.9 Å². The number of rotatable bonds is 4. The van der Waals surface area contributed by atoms with Crippen molar-refractivity contribution in [2.75, 3.05) is 11.4 Å². The molecule has 4 nitrogen and oxygen atoms in total. The van der Waals surface area contributed by atoms with Crippen molar-refractivity contribution in [3.8, 4) is 12.1 Å². The quantitative estimate of drug-likeness (QED) is 0.842. The first-order valence-electron chi connectivity index (χ1n) is 6.89. The first-order chi connectivity index (χ1) is 9.73. The third kappa shape index (κ3) is 2.65. The number of nitrogens with zero attached hydrogens (tertiary/aromatic N) is 3. The second-order valence-corrected chi connectivity index (χ2v) is 5.10. The minimum Gasteiger partial charge on any atom is -0.310 e. The molecule has 0 spiro atoms. The third-order valence-corrected chi connectivity index (χ3v) is 3.84. The van der Waals surface area contributed by atoms with Gasteiger partial charge in [-0.25, -0.2) is 0 Å². The van der Waals surface area contributed by atoms with Gasteiger partial charge >= 0.3 is 0 Å². The number of nitriles is 2. The van der Waals surface area contributed by atoms with Crippen LogP contribution in [-0.4, -0.2) is 12.5 Å². The minimum atomic E-state index is -0.898. The zero-order chi connectivity index (χ0) is 14.4. The monoisotopic (exact) mass is 267 g/mol. The Labute approximate surface area is 119 Å². The van der Waals surface area contributed by atoms with Gasteiger partial charge in [0, 0.05) is 12.2 Å². The fourth-order valence-corrected chi connectivity index (χ4v) is 2.73. The molecule has 1 fully saturated rings. The van der Waals surface area contributed by atoms with E-state index < -0.39 is 5.41 Å². The maximum absolute atomic E-state index is 12.8. The molecule has 2 rings (SSSR count). The van der Waals surface area contributed by atoms with E-state index in [4.69, 9.17) is 5.26 Å². The van der Waals surface area contributed by atoms with Gasteiger partial charge in [0.05, 0.1) is 18.6 Å². The molecule has 0 radical (unpaired) electrons. The van der Waals surface area contributed by atoms with Crippen molar-refractivity contribution < 1.29 is 4.79 Å². The molecule has 20 heavy (non-hydrogen) atoms. The van der Waals surface area contributed by atoms with E-state index in [2.05, 4.69) is 12.1 Å². The summed E-state index contributed by atoms with van der Waals surface area (Å²) in [6.07, 6.45) is 3.35. The van der Waals surface area contributed by atoms with Gasteiger partial charge < -0.3 is 4.90 Å². The van der Waals surface area contributed by atoms with Crippen LogP contribution in [-0.2, 0) is 4.79 Å². The van der Waals surface area contributed by atoms with E-state index in [0.717, 1.165) is 18.5 Å². The molecule has 1 aromatic carbocycles. The summed E-state index contributed by atoms with van der Waals surface area (Å²) in [6, 6.07) is 13.6. The smallest absolute Gasteiger partial charge is 0.247 e. The lowest BCUT2D eigenvalue weighted by Crippen LogP contribution is -2.42. The molecule has 0 unspecified atom stereocenters. The highest BCUT2D eigenvalue weighted by Crippen LogP contribution is 2.40. The van der Waals surface area contributed by atoms with Crippen LogP contribution in [0.25, 0.3) is 0 Å². The van der Waals surface area contributed by atoms with E-state index in [9.17, 15) is 10.1 Å². The predicted octanol–water partition coefficient (Wildman–Crippen LogP) is 3.02. The fourth-order valence-electron chi connectivity index (χ4n) is 2.73. The lowest BCUT2D eigenvalue weighted by Gasteiger charge is -2.29. The molecule has 4 heteroatoms. The Morgan fingerprint density at radius 2 is 1.85 bits per heavy atom. The molecule has 1 amide bonds. The molecule has 0 atom stereocenters. The molecule has 0 aromatic heterocycles. The number of para-hydroxylation sites is 1. The van der Waals surface area contributed by atoms with Gasteiger partial charge in [0.25, 0.3) is 0 Å². The summed E-state index contributed by atoms with van der Waals surface area (Å²) < 4.78 is 0. The summed E-state index contributed by atoms with van der Waals surface area (Å²) in [5, 5.41) is 18.2. The van der Waals surface area contributed by atoms with Crippen LogP contribution in [0.2, 0.25) is 0 Å². The molecule has 0 saturated heterocycles. The number of amides is 1. The van der Waals surface area contributed by atoms with Gasteiger partial charge in [-0.2, -0.15) is 10.5 Å². The SMILES string of the molecule is N#CCCN(C(=O)C1(C#N)CCCC1)c1ccccc1. The summed E-state index contributed by atoms with van der Waals surface area (Å²) in [6.45, 7) is 0.336. The van der Waals surface area contributed by atoms with E-state index >= 15 is 0 Å². The highest BCUT2D eigenvalue weighted by Gasteiger charge is 2.44. The van der Waals surface area contributed by atoms with Crippen LogP contribution in [0.1, 0.15) is 32.1 Å². The summed E-state index contributed by atoms with van der Waals surface area (Å²) in [4.78, 5) is 14.4. The van der Waals surface area contributed by atoms with Gasteiger partial charge in [-0.1, -0.05) is 31.0 Å². The first-order valence-corrected chi connectivity index (χ1v) is 6.89. The largest absolute Gasteiger partial charge is 0.310 e. The molecule has 1 saturated carbocycles. The molecular weight excluding hydrogens is 250 g/mol. The predicted molar refractivity (Wildman–Crippen MR) is 75.5 cm³/mol. The van der Waals surface area contributed by atoms with Crippen molar-refractivity contribution in [2.24, 2.45) is 5.41 Å². The Kier molecular flexibility index (Phi) is 4.38. The zero-order valence-electron chi connectivity index (χ0n) is 11.4. The lowest BCUT2D eigenvalue weighted by molar-refractivity contribution is -0.125. The second kappa shape index (κ2) is 6.21. The normalized spacial score (nSPS) is 16.1. The molecular formula is C16H17N3O. The fraction of sp³-hybridized carbons (Fsp3) is 0.438. The van der Waals surface area contributed by atoms with Crippen molar-refractivity contribution in [1.29, 1.82) is 10.5 Å². The molecule has 1 aromatic rings.